The lowest BCUT2D eigenvalue weighted by Crippen LogP contribution is -2.55. The lowest BCUT2D eigenvalue weighted by Gasteiger charge is -2.37. The van der Waals surface area contributed by atoms with Gasteiger partial charge >= 0.3 is 5.63 Å². The highest BCUT2D eigenvalue weighted by molar-refractivity contribution is 5.83. The number of benzene rings is 2. The maximum Gasteiger partial charge on any atom is 0.336 e. The number of ether oxygens (including phenoxy) is 3. The summed E-state index contributed by atoms with van der Waals surface area (Å²) in [7, 11) is 0. The molecule has 35 heavy (non-hydrogen) atoms. The first-order valence-electron chi connectivity index (χ1n) is 11.7. The van der Waals surface area contributed by atoms with Gasteiger partial charge in [0.2, 0.25) is 6.10 Å². The molecule has 2 aliphatic rings. The molecule has 1 aromatic heterocycles. The third kappa shape index (κ3) is 4.80. The molecule has 0 aliphatic carbocycles. The van der Waals surface area contributed by atoms with Crippen molar-refractivity contribution in [2.75, 3.05) is 39.4 Å². The predicted octanol–water partition coefficient (Wildman–Crippen LogP) is 2.24. The number of carbonyl (C=O) groups is 2. The van der Waals surface area contributed by atoms with Crippen LogP contribution < -0.4 is 19.8 Å². The summed E-state index contributed by atoms with van der Waals surface area (Å²) in [6.45, 7) is 3.62. The standard InChI is InChI=1S/C26H26N2O7/c1-2-17-13-25(30)35-22-14-18(7-8-19(17)22)32-16-24(29)27-9-11-28(12-10-27)26(31)23-15-33-20-5-3-4-6-21(20)34-23/h3-8,13-14,23H,2,9-12,15-16H2,1H3. The number of piperazine rings is 1. The fourth-order valence-corrected chi connectivity index (χ4v) is 4.35. The van der Waals surface area contributed by atoms with Crippen LogP contribution in [0.5, 0.6) is 17.2 Å². The van der Waals surface area contributed by atoms with Gasteiger partial charge in [0.05, 0.1) is 0 Å². The summed E-state index contributed by atoms with van der Waals surface area (Å²) in [5.74, 6) is 1.32. The summed E-state index contributed by atoms with van der Waals surface area (Å²) >= 11 is 0. The maximum absolute atomic E-state index is 12.9. The van der Waals surface area contributed by atoms with Crippen LogP contribution in [-0.4, -0.2) is 67.1 Å². The van der Waals surface area contributed by atoms with Crippen molar-refractivity contribution < 1.29 is 28.2 Å². The van der Waals surface area contributed by atoms with Gasteiger partial charge in [0.1, 0.15) is 17.9 Å². The van der Waals surface area contributed by atoms with Crippen LogP contribution in [0.1, 0.15) is 12.5 Å². The molecule has 0 N–H and O–H groups in total. The molecular formula is C26H26N2O7. The van der Waals surface area contributed by atoms with Gasteiger partial charge in [0, 0.05) is 43.7 Å². The smallest absolute Gasteiger partial charge is 0.336 e. The first-order chi connectivity index (χ1) is 17.0. The number of hydrogen-bond donors (Lipinski definition) is 0. The third-order valence-electron chi connectivity index (χ3n) is 6.27. The van der Waals surface area contributed by atoms with Gasteiger partial charge in [-0.05, 0) is 36.2 Å². The minimum absolute atomic E-state index is 0.145. The molecule has 1 saturated heterocycles. The molecule has 1 atom stereocenters. The molecule has 2 aromatic carbocycles. The van der Waals surface area contributed by atoms with E-state index in [1.807, 2.05) is 25.1 Å². The van der Waals surface area contributed by atoms with Crippen molar-refractivity contribution in [2.24, 2.45) is 0 Å². The molecule has 1 fully saturated rings. The second-order valence-electron chi connectivity index (χ2n) is 8.46. The molecule has 0 bridgehead atoms. The number of nitrogens with zero attached hydrogens (tertiary/aromatic N) is 2. The van der Waals surface area contributed by atoms with E-state index in [1.165, 1.54) is 6.07 Å². The van der Waals surface area contributed by atoms with Crippen LogP contribution in [0.3, 0.4) is 0 Å². The molecule has 2 amide bonds. The highest BCUT2D eigenvalue weighted by Gasteiger charge is 2.33. The average Bonchev–Trinajstić information content (AvgIpc) is 2.90. The largest absolute Gasteiger partial charge is 0.485 e. The molecule has 3 aromatic rings. The summed E-state index contributed by atoms with van der Waals surface area (Å²) in [6, 6.07) is 14.0. The van der Waals surface area contributed by atoms with E-state index in [0.29, 0.717) is 55.4 Å². The van der Waals surface area contributed by atoms with Gasteiger partial charge in [-0.3, -0.25) is 9.59 Å². The Morgan fingerprint density at radius 2 is 1.74 bits per heavy atom. The number of hydrogen-bond acceptors (Lipinski definition) is 7. The Morgan fingerprint density at radius 1 is 1.00 bits per heavy atom. The zero-order valence-corrected chi connectivity index (χ0v) is 19.4. The Bertz CT molecular complexity index is 1310. The van der Waals surface area contributed by atoms with Crippen LogP contribution >= 0.6 is 0 Å². The SMILES string of the molecule is CCc1cc(=O)oc2cc(OCC(=O)N3CCN(C(=O)C4COc5ccccc5O4)CC3)ccc12. The minimum atomic E-state index is -0.698. The van der Waals surface area contributed by atoms with Crippen LogP contribution in [0, 0.1) is 0 Å². The Labute approximate surface area is 201 Å². The minimum Gasteiger partial charge on any atom is -0.485 e. The van der Waals surface area contributed by atoms with Crippen LogP contribution in [-0.2, 0) is 16.0 Å². The second-order valence-corrected chi connectivity index (χ2v) is 8.46. The van der Waals surface area contributed by atoms with Crippen molar-refractivity contribution in [3.8, 4) is 17.2 Å². The maximum atomic E-state index is 12.9. The number of para-hydroxylation sites is 2. The molecule has 2 aliphatic heterocycles. The van der Waals surface area contributed by atoms with E-state index in [2.05, 4.69) is 0 Å². The van der Waals surface area contributed by atoms with Crippen molar-refractivity contribution in [3.63, 3.8) is 0 Å². The monoisotopic (exact) mass is 478 g/mol. The van der Waals surface area contributed by atoms with Crippen molar-refractivity contribution in [3.05, 3.63) is 64.5 Å². The quantitative estimate of drug-likeness (QED) is 0.519. The Kier molecular flexibility index (Phi) is 6.31. The third-order valence-corrected chi connectivity index (χ3v) is 6.27. The van der Waals surface area contributed by atoms with E-state index in [0.717, 1.165) is 10.9 Å². The number of aryl methyl sites for hydroxylation is 1. The second kappa shape index (κ2) is 9.69. The Morgan fingerprint density at radius 3 is 2.51 bits per heavy atom. The molecular weight excluding hydrogens is 452 g/mol. The topological polar surface area (TPSA) is 98.5 Å². The fourth-order valence-electron chi connectivity index (χ4n) is 4.35. The lowest BCUT2D eigenvalue weighted by molar-refractivity contribution is -0.146. The summed E-state index contributed by atoms with van der Waals surface area (Å²) < 4.78 is 22.4. The molecule has 0 spiro atoms. The number of amides is 2. The summed E-state index contributed by atoms with van der Waals surface area (Å²) in [4.78, 5) is 40.7. The fraction of sp³-hybridized carbons (Fsp3) is 0.346. The van der Waals surface area contributed by atoms with Crippen LogP contribution in [0.15, 0.2) is 57.7 Å². The highest BCUT2D eigenvalue weighted by Crippen LogP contribution is 2.31. The van der Waals surface area contributed by atoms with Gasteiger partial charge in [-0.25, -0.2) is 4.79 Å². The summed E-state index contributed by atoms with van der Waals surface area (Å²) in [5.41, 5.74) is 0.924. The molecule has 9 nitrogen and oxygen atoms in total. The average molecular weight is 479 g/mol. The van der Waals surface area contributed by atoms with E-state index in [1.54, 1.807) is 34.1 Å². The molecule has 182 valence electrons. The number of fused-ring (bicyclic) bond motifs is 2. The lowest BCUT2D eigenvalue weighted by atomic mass is 10.1. The van der Waals surface area contributed by atoms with Gasteiger partial charge in [0.25, 0.3) is 11.8 Å². The normalized spacial score (nSPS) is 17.3. The van der Waals surface area contributed by atoms with Crippen molar-refractivity contribution in [1.82, 2.24) is 9.80 Å². The van der Waals surface area contributed by atoms with E-state index in [-0.39, 0.29) is 25.0 Å². The van der Waals surface area contributed by atoms with Crippen molar-refractivity contribution in [2.45, 2.75) is 19.4 Å². The summed E-state index contributed by atoms with van der Waals surface area (Å²) in [6.07, 6.45) is 0.0132. The molecule has 9 heteroatoms. The summed E-state index contributed by atoms with van der Waals surface area (Å²) in [5, 5.41) is 0.849. The van der Waals surface area contributed by atoms with Gasteiger partial charge in [-0.15, -0.1) is 0 Å². The van der Waals surface area contributed by atoms with E-state index in [4.69, 9.17) is 18.6 Å². The Hall–Kier alpha value is -4.01. The van der Waals surface area contributed by atoms with E-state index < -0.39 is 11.7 Å². The van der Waals surface area contributed by atoms with Crippen molar-refractivity contribution in [1.29, 1.82) is 0 Å². The highest BCUT2D eigenvalue weighted by atomic mass is 16.6. The van der Waals surface area contributed by atoms with Gasteiger partial charge in [-0.2, -0.15) is 0 Å². The van der Waals surface area contributed by atoms with E-state index in [9.17, 15) is 14.4 Å². The predicted molar refractivity (Wildman–Crippen MR) is 127 cm³/mol. The molecule has 5 rings (SSSR count). The molecule has 0 radical (unpaired) electrons. The van der Waals surface area contributed by atoms with Crippen LogP contribution in [0.25, 0.3) is 11.0 Å². The number of rotatable bonds is 5. The van der Waals surface area contributed by atoms with Gasteiger partial charge in [-0.1, -0.05) is 19.1 Å². The van der Waals surface area contributed by atoms with E-state index >= 15 is 0 Å². The van der Waals surface area contributed by atoms with Crippen LogP contribution in [0.4, 0.5) is 0 Å². The zero-order chi connectivity index (χ0) is 24.4. The van der Waals surface area contributed by atoms with Gasteiger partial charge < -0.3 is 28.4 Å². The van der Waals surface area contributed by atoms with Gasteiger partial charge in [0.15, 0.2) is 18.1 Å². The number of carbonyl (C=O) groups excluding carboxylic acids is 2. The Balaban J connectivity index is 1.14. The molecule has 1 unspecified atom stereocenters. The first-order valence-corrected chi connectivity index (χ1v) is 11.7. The zero-order valence-electron chi connectivity index (χ0n) is 19.4. The molecule has 0 saturated carbocycles. The van der Waals surface area contributed by atoms with Crippen LogP contribution in [0.2, 0.25) is 0 Å². The first kappa shape index (κ1) is 22.8. The molecule has 3 heterocycles. The van der Waals surface area contributed by atoms with Crippen molar-refractivity contribution >= 4 is 22.8 Å².